The summed E-state index contributed by atoms with van der Waals surface area (Å²) in [6.07, 6.45) is 0.702. The largest absolute Gasteiger partial charge is 0.462 e. The van der Waals surface area contributed by atoms with Gasteiger partial charge in [0.2, 0.25) is 0 Å². The van der Waals surface area contributed by atoms with Gasteiger partial charge in [-0.2, -0.15) is 0 Å². The normalized spacial score (nSPS) is 20.1. The standard InChI is InChI=1S/C17H20BClO2/c1-16(2)17(3,4)21-18(20-16)11-13-9-5-7-12-8-6-10-14(19)15(12)13/h5-10H,11H2,1-4H3. The van der Waals surface area contributed by atoms with Crippen LogP contribution in [0, 0.1) is 0 Å². The van der Waals surface area contributed by atoms with Crippen molar-refractivity contribution < 1.29 is 9.31 Å². The van der Waals surface area contributed by atoms with Gasteiger partial charge in [0, 0.05) is 16.7 Å². The van der Waals surface area contributed by atoms with Gasteiger partial charge >= 0.3 is 7.12 Å². The third-order valence-corrected chi connectivity index (χ3v) is 4.94. The molecule has 0 aromatic heterocycles. The van der Waals surface area contributed by atoms with E-state index in [9.17, 15) is 0 Å². The lowest BCUT2D eigenvalue weighted by molar-refractivity contribution is 0.00578. The summed E-state index contributed by atoms with van der Waals surface area (Å²) < 4.78 is 12.2. The van der Waals surface area contributed by atoms with Crippen LogP contribution in [-0.4, -0.2) is 18.3 Å². The second-order valence-corrected chi connectivity index (χ2v) is 7.05. The highest BCUT2D eigenvalue weighted by molar-refractivity contribution is 6.45. The van der Waals surface area contributed by atoms with Gasteiger partial charge in [0.25, 0.3) is 0 Å². The van der Waals surface area contributed by atoms with Crippen molar-refractivity contribution in [2.24, 2.45) is 0 Å². The molecule has 0 N–H and O–H groups in total. The van der Waals surface area contributed by atoms with Crippen molar-refractivity contribution in [3.8, 4) is 0 Å². The number of hydrogen-bond donors (Lipinski definition) is 0. The molecule has 1 aliphatic rings. The van der Waals surface area contributed by atoms with E-state index < -0.39 is 0 Å². The maximum atomic E-state index is 6.38. The molecule has 1 aliphatic heterocycles. The van der Waals surface area contributed by atoms with Crippen LogP contribution in [0.1, 0.15) is 33.3 Å². The van der Waals surface area contributed by atoms with Gasteiger partial charge in [-0.25, -0.2) is 0 Å². The van der Waals surface area contributed by atoms with Crippen LogP contribution in [0.2, 0.25) is 5.02 Å². The van der Waals surface area contributed by atoms with Crippen LogP contribution >= 0.6 is 11.6 Å². The predicted molar refractivity (Wildman–Crippen MR) is 88.7 cm³/mol. The Morgan fingerprint density at radius 2 is 1.52 bits per heavy atom. The first-order valence-electron chi connectivity index (χ1n) is 7.32. The predicted octanol–water partition coefficient (Wildman–Crippen LogP) is 4.67. The Bertz CT molecular complexity index is 660. The fourth-order valence-electron chi connectivity index (χ4n) is 2.77. The number of halogens is 1. The lowest BCUT2D eigenvalue weighted by Crippen LogP contribution is -2.41. The first-order valence-corrected chi connectivity index (χ1v) is 7.70. The second-order valence-electron chi connectivity index (χ2n) is 6.65. The molecule has 2 aromatic rings. The molecule has 1 fully saturated rings. The van der Waals surface area contributed by atoms with Gasteiger partial charge in [0.05, 0.1) is 11.2 Å². The number of benzene rings is 2. The molecule has 0 radical (unpaired) electrons. The third-order valence-electron chi connectivity index (χ3n) is 4.63. The summed E-state index contributed by atoms with van der Waals surface area (Å²) in [5, 5.41) is 3.02. The quantitative estimate of drug-likeness (QED) is 0.751. The van der Waals surface area contributed by atoms with Gasteiger partial charge in [0.15, 0.2) is 0 Å². The number of fused-ring (bicyclic) bond motifs is 1. The first-order chi connectivity index (χ1) is 9.80. The van der Waals surface area contributed by atoms with Crippen LogP contribution < -0.4 is 0 Å². The molecule has 0 unspecified atom stereocenters. The van der Waals surface area contributed by atoms with E-state index in [2.05, 4.69) is 52.0 Å². The van der Waals surface area contributed by atoms with E-state index in [0.29, 0.717) is 6.32 Å². The van der Waals surface area contributed by atoms with Crippen molar-refractivity contribution in [3.05, 3.63) is 47.0 Å². The van der Waals surface area contributed by atoms with Gasteiger partial charge in [-0.05, 0) is 44.7 Å². The zero-order valence-electron chi connectivity index (χ0n) is 12.9. The molecule has 0 bridgehead atoms. The third kappa shape index (κ3) is 2.59. The molecule has 0 amide bonds. The molecule has 1 heterocycles. The summed E-state index contributed by atoms with van der Waals surface area (Å²) >= 11 is 6.38. The van der Waals surface area contributed by atoms with E-state index in [1.807, 2.05) is 12.1 Å². The van der Waals surface area contributed by atoms with Crippen LogP contribution in [-0.2, 0) is 15.6 Å². The van der Waals surface area contributed by atoms with Crippen molar-refractivity contribution in [1.82, 2.24) is 0 Å². The van der Waals surface area contributed by atoms with E-state index >= 15 is 0 Å². The van der Waals surface area contributed by atoms with Crippen LogP contribution in [0.25, 0.3) is 10.8 Å². The van der Waals surface area contributed by atoms with E-state index in [1.165, 1.54) is 0 Å². The maximum Gasteiger partial charge on any atom is 0.462 e. The molecule has 4 heteroatoms. The molecule has 0 aliphatic carbocycles. The molecule has 0 saturated carbocycles. The fraction of sp³-hybridized carbons (Fsp3) is 0.412. The van der Waals surface area contributed by atoms with Crippen molar-refractivity contribution in [2.75, 3.05) is 0 Å². The average molecular weight is 303 g/mol. The van der Waals surface area contributed by atoms with Gasteiger partial charge in [0.1, 0.15) is 0 Å². The van der Waals surface area contributed by atoms with Gasteiger partial charge in [-0.3, -0.25) is 0 Å². The van der Waals surface area contributed by atoms with Crippen LogP contribution in [0.5, 0.6) is 0 Å². The molecule has 1 saturated heterocycles. The molecular formula is C17H20BClO2. The highest BCUT2D eigenvalue weighted by Crippen LogP contribution is 2.38. The lowest BCUT2D eigenvalue weighted by atomic mass is 9.79. The van der Waals surface area contributed by atoms with Crippen molar-refractivity contribution in [1.29, 1.82) is 0 Å². The summed E-state index contributed by atoms with van der Waals surface area (Å²) in [5.74, 6) is 0. The highest BCUT2D eigenvalue weighted by Gasteiger charge is 2.50. The monoisotopic (exact) mass is 302 g/mol. The smallest absolute Gasteiger partial charge is 0.403 e. The Kier molecular flexibility index (Phi) is 3.55. The van der Waals surface area contributed by atoms with Crippen molar-refractivity contribution in [3.63, 3.8) is 0 Å². The Balaban J connectivity index is 1.94. The van der Waals surface area contributed by atoms with Crippen molar-refractivity contribution >= 4 is 29.5 Å². The van der Waals surface area contributed by atoms with Crippen LogP contribution in [0.15, 0.2) is 36.4 Å². The minimum atomic E-state index is -0.300. The van der Waals surface area contributed by atoms with E-state index in [1.54, 1.807) is 0 Å². The van der Waals surface area contributed by atoms with Gasteiger partial charge < -0.3 is 9.31 Å². The van der Waals surface area contributed by atoms with E-state index in [4.69, 9.17) is 20.9 Å². The highest BCUT2D eigenvalue weighted by atomic mass is 35.5. The zero-order chi connectivity index (χ0) is 15.3. The average Bonchev–Trinajstić information content (AvgIpc) is 2.57. The summed E-state index contributed by atoms with van der Waals surface area (Å²) in [7, 11) is -0.239. The summed E-state index contributed by atoms with van der Waals surface area (Å²) in [4.78, 5) is 0. The van der Waals surface area contributed by atoms with Crippen molar-refractivity contribution in [2.45, 2.75) is 45.2 Å². The van der Waals surface area contributed by atoms with Crippen LogP contribution in [0.3, 0.4) is 0 Å². The van der Waals surface area contributed by atoms with E-state index in [0.717, 1.165) is 21.4 Å². The Hall–Kier alpha value is -1.03. The number of rotatable bonds is 2. The first kappa shape index (κ1) is 14.9. The second kappa shape index (κ2) is 5.01. The molecule has 21 heavy (non-hydrogen) atoms. The molecule has 3 rings (SSSR count). The molecular weight excluding hydrogens is 282 g/mol. The topological polar surface area (TPSA) is 18.5 Å². The molecule has 2 nitrogen and oxygen atoms in total. The number of hydrogen-bond acceptors (Lipinski definition) is 2. The fourth-order valence-corrected chi connectivity index (χ4v) is 3.07. The molecule has 0 atom stereocenters. The maximum absolute atomic E-state index is 6.38. The van der Waals surface area contributed by atoms with Crippen LogP contribution in [0.4, 0.5) is 0 Å². The Labute approximate surface area is 131 Å². The molecule has 2 aromatic carbocycles. The summed E-state index contributed by atoms with van der Waals surface area (Å²) in [5.41, 5.74) is 0.564. The minimum absolute atomic E-state index is 0.239. The molecule has 110 valence electrons. The Morgan fingerprint density at radius 1 is 0.952 bits per heavy atom. The molecule has 0 spiro atoms. The van der Waals surface area contributed by atoms with Gasteiger partial charge in [-0.1, -0.05) is 41.9 Å². The summed E-state index contributed by atoms with van der Waals surface area (Å²) in [6.45, 7) is 8.29. The SMILES string of the molecule is CC1(C)OB(Cc2cccc3cccc(Cl)c23)OC1(C)C. The lowest BCUT2D eigenvalue weighted by Gasteiger charge is -2.32. The minimum Gasteiger partial charge on any atom is -0.403 e. The van der Waals surface area contributed by atoms with E-state index in [-0.39, 0.29) is 18.3 Å². The zero-order valence-corrected chi connectivity index (χ0v) is 13.7. The van der Waals surface area contributed by atoms with Gasteiger partial charge in [-0.15, -0.1) is 0 Å². The Morgan fingerprint density at radius 3 is 2.14 bits per heavy atom. The summed E-state index contributed by atoms with van der Waals surface area (Å²) in [6, 6.07) is 12.2.